The Balaban J connectivity index is 2.00. The summed E-state index contributed by atoms with van der Waals surface area (Å²) in [6, 6.07) is 15.7. The van der Waals surface area contributed by atoms with Crippen LogP contribution in [0.4, 0.5) is 0 Å². The minimum absolute atomic E-state index is 0.710. The minimum atomic E-state index is 0.710. The van der Waals surface area contributed by atoms with Crippen molar-refractivity contribution in [1.29, 1.82) is 0 Å². The van der Waals surface area contributed by atoms with Gasteiger partial charge in [-0.2, -0.15) is 0 Å². The van der Waals surface area contributed by atoms with Crippen molar-refractivity contribution in [3.05, 3.63) is 48.0 Å². The highest BCUT2D eigenvalue weighted by Crippen LogP contribution is 2.43. The molecule has 0 aliphatic heterocycles. The Kier molecular flexibility index (Phi) is 4.60. The smallest absolute Gasteiger partial charge is 0.00177 e. The number of benzene rings is 2. The second kappa shape index (κ2) is 6.62. The summed E-state index contributed by atoms with van der Waals surface area (Å²) in [5, 5.41) is 6.27. The molecule has 3 atom stereocenters. The van der Waals surface area contributed by atoms with Crippen LogP contribution in [0.15, 0.2) is 42.5 Å². The van der Waals surface area contributed by atoms with E-state index in [0.29, 0.717) is 5.92 Å². The van der Waals surface area contributed by atoms with Gasteiger partial charge in [-0.1, -0.05) is 62.2 Å². The zero-order chi connectivity index (χ0) is 14.7. The van der Waals surface area contributed by atoms with Crippen LogP contribution in [0.25, 0.3) is 10.8 Å². The Bertz CT molecular complexity index is 584. The molecule has 0 saturated heterocycles. The van der Waals surface area contributed by atoms with Gasteiger partial charge in [-0.15, -0.1) is 0 Å². The van der Waals surface area contributed by atoms with E-state index in [1.165, 1.54) is 36.5 Å². The summed E-state index contributed by atoms with van der Waals surface area (Å²) in [5.74, 6) is 2.40. The first-order chi connectivity index (χ1) is 10.3. The Labute approximate surface area is 128 Å². The largest absolute Gasteiger partial charge is 0.319 e. The predicted octanol–water partition coefficient (Wildman–Crippen LogP) is 4.97. The lowest BCUT2D eigenvalue weighted by Gasteiger charge is -2.37. The third-order valence-corrected chi connectivity index (χ3v) is 5.37. The van der Waals surface area contributed by atoms with Crippen molar-refractivity contribution < 1.29 is 0 Å². The monoisotopic (exact) mass is 281 g/mol. The van der Waals surface area contributed by atoms with Crippen molar-refractivity contribution in [2.75, 3.05) is 13.6 Å². The zero-order valence-electron chi connectivity index (χ0n) is 13.3. The Morgan fingerprint density at radius 3 is 2.67 bits per heavy atom. The van der Waals surface area contributed by atoms with Crippen LogP contribution >= 0.6 is 0 Å². The zero-order valence-corrected chi connectivity index (χ0v) is 13.3. The average Bonchev–Trinajstić information content (AvgIpc) is 2.55. The average molecular weight is 281 g/mol. The molecule has 112 valence electrons. The van der Waals surface area contributed by atoms with Crippen LogP contribution in [-0.2, 0) is 0 Å². The van der Waals surface area contributed by atoms with Crippen molar-refractivity contribution in [3.8, 4) is 0 Å². The summed E-state index contributed by atoms with van der Waals surface area (Å²) in [7, 11) is 2.09. The van der Waals surface area contributed by atoms with Gasteiger partial charge in [0.15, 0.2) is 0 Å². The molecular formula is C20H27N. The normalized spacial score (nSPS) is 26.1. The molecule has 0 aromatic heterocycles. The molecule has 0 radical (unpaired) electrons. The fourth-order valence-electron chi connectivity index (χ4n) is 4.15. The molecule has 3 unspecified atom stereocenters. The third kappa shape index (κ3) is 2.98. The van der Waals surface area contributed by atoms with Crippen LogP contribution in [0.5, 0.6) is 0 Å². The highest BCUT2D eigenvalue weighted by molar-refractivity contribution is 5.86. The molecule has 1 heteroatoms. The van der Waals surface area contributed by atoms with Gasteiger partial charge >= 0.3 is 0 Å². The SMILES string of the molecule is CCC1CCC(CNC)C(c2cccc3ccccc23)C1. The molecule has 21 heavy (non-hydrogen) atoms. The lowest BCUT2D eigenvalue weighted by atomic mass is 9.69. The van der Waals surface area contributed by atoms with E-state index < -0.39 is 0 Å². The maximum atomic E-state index is 3.42. The molecule has 1 aliphatic carbocycles. The lowest BCUT2D eigenvalue weighted by molar-refractivity contribution is 0.229. The van der Waals surface area contributed by atoms with E-state index in [2.05, 4.69) is 61.8 Å². The van der Waals surface area contributed by atoms with Crippen molar-refractivity contribution in [3.63, 3.8) is 0 Å². The summed E-state index contributed by atoms with van der Waals surface area (Å²) < 4.78 is 0. The standard InChI is InChI=1S/C20H27N/c1-3-15-11-12-17(14-21-2)20(13-15)19-10-6-8-16-7-4-5-9-18(16)19/h4-10,15,17,20-21H,3,11-14H2,1-2H3. The summed E-state index contributed by atoms with van der Waals surface area (Å²) in [5.41, 5.74) is 1.58. The van der Waals surface area contributed by atoms with Crippen LogP contribution in [-0.4, -0.2) is 13.6 Å². The van der Waals surface area contributed by atoms with E-state index in [1.807, 2.05) is 0 Å². The molecule has 1 aliphatic rings. The van der Waals surface area contributed by atoms with Crippen molar-refractivity contribution in [1.82, 2.24) is 5.32 Å². The van der Waals surface area contributed by atoms with E-state index in [-0.39, 0.29) is 0 Å². The van der Waals surface area contributed by atoms with Crippen molar-refractivity contribution >= 4 is 10.8 Å². The van der Waals surface area contributed by atoms with Gasteiger partial charge in [0, 0.05) is 0 Å². The van der Waals surface area contributed by atoms with Gasteiger partial charge in [0.25, 0.3) is 0 Å². The number of hydrogen-bond donors (Lipinski definition) is 1. The maximum absolute atomic E-state index is 3.42. The Hall–Kier alpha value is -1.34. The van der Waals surface area contributed by atoms with Gasteiger partial charge in [-0.25, -0.2) is 0 Å². The number of fused-ring (bicyclic) bond motifs is 1. The van der Waals surface area contributed by atoms with Crippen LogP contribution in [0.3, 0.4) is 0 Å². The number of nitrogens with one attached hydrogen (secondary N) is 1. The molecule has 2 aromatic rings. The Morgan fingerprint density at radius 2 is 1.86 bits per heavy atom. The van der Waals surface area contributed by atoms with Gasteiger partial charge < -0.3 is 5.32 Å². The first-order valence-electron chi connectivity index (χ1n) is 8.45. The van der Waals surface area contributed by atoms with Gasteiger partial charge in [0.1, 0.15) is 0 Å². The van der Waals surface area contributed by atoms with Gasteiger partial charge in [-0.05, 0) is 60.5 Å². The van der Waals surface area contributed by atoms with Gasteiger partial charge in [0.2, 0.25) is 0 Å². The summed E-state index contributed by atoms with van der Waals surface area (Å²) >= 11 is 0. The van der Waals surface area contributed by atoms with Crippen LogP contribution < -0.4 is 5.32 Å². The molecule has 0 amide bonds. The summed E-state index contributed by atoms with van der Waals surface area (Å²) in [6.45, 7) is 3.49. The second-order valence-electron chi connectivity index (χ2n) is 6.58. The van der Waals surface area contributed by atoms with E-state index in [0.717, 1.165) is 18.4 Å². The van der Waals surface area contributed by atoms with E-state index >= 15 is 0 Å². The minimum Gasteiger partial charge on any atom is -0.319 e. The molecule has 0 spiro atoms. The van der Waals surface area contributed by atoms with Crippen LogP contribution in [0.2, 0.25) is 0 Å². The quantitative estimate of drug-likeness (QED) is 0.834. The Morgan fingerprint density at radius 1 is 1.05 bits per heavy atom. The predicted molar refractivity (Wildman–Crippen MR) is 91.7 cm³/mol. The first-order valence-corrected chi connectivity index (χ1v) is 8.45. The van der Waals surface area contributed by atoms with Crippen LogP contribution in [0.1, 0.15) is 44.1 Å². The number of rotatable bonds is 4. The number of hydrogen-bond acceptors (Lipinski definition) is 1. The molecule has 1 N–H and O–H groups in total. The van der Waals surface area contributed by atoms with Gasteiger partial charge in [-0.3, -0.25) is 0 Å². The summed E-state index contributed by atoms with van der Waals surface area (Å²) in [6.07, 6.45) is 5.46. The molecule has 1 fully saturated rings. The maximum Gasteiger partial charge on any atom is -0.00177 e. The highest BCUT2D eigenvalue weighted by Gasteiger charge is 2.31. The first kappa shape index (κ1) is 14.6. The fourth-order valence-corrected chi connectivity index (χ4v) is 4.15. The highest BCUT2D eigenvalue weighted by atomic mass is 14.8. The molecule has 3 rings (SSSR count). The molecule has 1 saturated carbocycles. The van der Waals surface area contributed by atoms with Crippen molar-refractivity contribution in [2.45, 2.75) is 38.5 Å². The molecule has 1 nitrogen and oxygen atoms in total. The summed E-state index contributed by atoms with van der Waals surface area (Å²) in [4.78, 5) is 0. The topological polar surface area (TPSA) is 12.0 Å². The molecular weight excluding hydrogens is 254 g/mol. The lowest BCUT2D eigenvalue weighted by Crippen LogP contribution is -2.30. The van der Waals surface area contributed by atoms with E-state index in [1.54, 1.807) is 5.56 Å². The van der Waals surface area contributed by atoms with E-state index in [9.17, 15) is 0 Å². The molecule has 0 bridgehead atoms. The molecule has 2 aromatic carbocycles. The fraction of sp³-hybridized carbons (Fsp3) is 0.500. The van der Waals surface area contributed by atoms with Crippen LogP contribution in [0, 0.1) is 11.8 Å². The van der Waals surface area contributed by atoms with Gasteiger partial charge in [0.05, 0.1) is 0 Å². The van der Waals surface area contributed by atoms with E-state index in [4.69, 9.17) is 0 Å². The van der Waals surface area contributed by atoms with Crippen molar-refractivity contribution in [2.24, 2.45) is 11.8 Å². The third-order valence-electron chi connectivity index (χ3n) is 5.37. The molecule has 0 heterocycles. The second-order valence-corrected chi connectivity index (χ2v) is 6.58.